The lowest BCUT2D eigenvalue weighted by atomic mass is 9.86. The van der Waals surface area contributed by atoms with Gasteiger partial charge in [0.1, 0.15) is 5.56 Å². The summed E-state index contributed by atoms with van der Waals surface area (Å²) in [7, 11) is 0. The number of anilines is 1. The summed E-state index contributed by atoms with van der Waals surface area (Å²) in [5, 5.41) is 2.70. The molecule has 3 rings (SSSR count). The monoisotopic (exact) mass is 310 g/mol. The van der Waals surface area contributed by atoms with E-state index in [4.69, 9.17) is 0 Å². The van der Waals surface area contributed by atoms with E-state index in [-0.39, 0.29) is 17.3 Å². The molecule has 1 atom stereocenters. The highest BCUT2D eigenvalue weighted by Gasteiger charge is 2.25. The molecule has 0 fully saturated rings. The van der Waals surface area contributed by atoms with Gasteiger partial charge in [-0.2, -0.15) is 0 Å². The summed E-state index contributed by atoms with van der Waals surface area (Å²) in [6.07, 6.45) is 1.09. The van der Waals surface area contributed by atoms with Crippen LogP contribution in [0.4, 0.5) is 5.69 Å². The zero-order chi connectivity index (χ0) is 16.6. The topological polar surface area (TPSA) is 79.0 Å². The molecule has 2 N–H and O–H groups in total. The summed E-state index contributed by atoms with van der Waals surface area (Å²) >= 11 is 0. The maximum Gasteiger partial charge on any atom is 0.261 e. The Balaban J connectivity index is 1.94. The predicted octanol–water partition coefficient (Wildman–Crippen LogP) is 2.70. The van der Waals surface area contributed by atoms with Crippen LogP contribution < -0.4 is 10.9 Å². The number of benzene rings is 1. The van der Waals surface area contributed by atoms with Crippen molar-refractivity contribution < 1.29 is 9.59 Å². The summed E-state index contributed by atoms with van der Waals surface area (Å²) in [6.45, 7) is 3.89. The SMILES string of the molecule is Cc1cccc(NC(=O)c2cc3c([nH]c2=O)CC(C)CC3=O)c1. The van der Waals surface area contributed by atoms with E-state index in [0.717, 1.165) is 5.56 Å². The maximum absolute atomic E-state index is 12.4. The molecular weight excluding hydrogens is 292 g/mol. The molecule has 2 aromatic rings. The van der Waals surface area contributed by atoms with Gasteiger partial charge in [0.15, 0.2) is 5.78 Å². The van der Waals surface area contributed by atoms with Crippen molar-refractivity contribution in [1.29, 1.82) is 0 Å². The highest BCUT2D eigenvalue weighted by molar-refractivity contribution is 6.06. The van der Waals surface area contributed by atoms with Gasteiger partial charge in [0.05, 0.1) is 0 Å². The number of carbonyl (C=O) groups is 2. The first-order valence-electron chi connectivity index (χ1n) is 7.61. The Morgan fingerprint density at radius 2 is 2.00 bits per heavy atom. The molecule has 1 heterocycles. The fourth-order valence-corrected chi connectivity index (χ4v) is 2.92. The van der Waals surface area contributed by atoms with E-state index in [1.165, 1.54) is 6.07 Å². The van der Waals surface area contributed by atoms with Gasteiger partial charge in [-0.25, -0.2) is 0 Å². The summed E-state index contributed by atoms with van der Waals surface area (Å²) < 4.78 is 0. The molecule has 5 heteroatoms. The Bertz CT molecular complexity index is 852. The van der Waals surface area contributed by atoms with Crippen LogP contribution in [0.2, 0.25) is 0 Å². The van der Waals surface area contributed by atoms with E-state index in [9.17, 15) is 14.4 Å². The minimum absolute atomic E-state index is 0.0281. The van der Waals surface area contributed by atoms with Crippen molar-refractivity contribution >= 4 is 17.4 Å². The van der Waals surface area contributed by atoms with Crippen LogP contribution in [0.3, 0.4) is 0 Å². The third-order valence-corrected chi connectivity index (χ3v) is 4.03. The average molecular weight is 310 g/mol. The lowest BCUT2D eigenvalue weighted by Gasteiger charge is -2.20. The molecule has 0 spiro atoms. The molecule has 0 aliphatic heterocycles. The number of aromatic nitrogens is 1. The molecule has 1 amide bonds. The average Bonchev–Trinajstić information content (AvgIpc) is 2.46. The van der Waals surface area contributed by atoms with Gasteiger partial charge in [0, 0.05) is 23.4 Å². The van der Waals surface area contributed by atoms with Gasteiger partial charge in [-0.3, -0.25) is 14.4 Å². The molecule has 23 heavy (non-hydrogen) atoms. The first kappa shape index (κ1) is 15.2. The van der Waals surface area contributed by atoms with E-state index in [2.05, 4.69) is 10.3 Å². The number of aryl methyl sites for hydroxylation is 1. The Kier molecular flexibility index (Phi) is 3.86. The van der Waals surface area contributed by atoms with E-state index in [1.807, 2.05) is 32.0 Å². The van der Waals surface area contributed by atoms with Crippen molar-refractivity contribution in [2.45, 2.75) is 26.7 Å². The number of hydrogen-bond donors (Lipinski definition) is 2. The number of ketones is 1. The number of rotatable bonds is 2. The molecule has 5 nitrogen and oxygen atoms in total. The van der Waals surface area contributed by atoms with Gasteiger partial charge in [-0.15, -0.1) is 0 Å². The van der Waals surface area contributed by atoms with Crippen molar-refractivity contribution in [2.24, 2.45) is 5.92 Å². The van der Waals surface area contributed by atoms with Crippen molar-refractivity contribution in [3.63, 3.8) is 0 Å². The number of carbonyl (C=O) groups excluding carboxylic acids is 2. The molecule has 1 aliphatic carbocycles. The molecule has 0 saturated carbocycles. The molecule has 1 aromatic heterocycles. The summed E-state index contributed by atoms with van der Waals surface area (Å²) in [5.74, 6) is -0.330. The van der Waals surface area contributed by atoms with Gasteiger partial charge in [0.2, 0.25) is 0 Å². The third kappa shape index (κ3) is 3.08. The van der Waals surface area contributed by atoms with Crippen molar-refractivity contribution in [1.82, 2.24) is 4.98 Å². The van der Waals surface area contributed by atoms with E-state index in [0.29, 0.717) is 29.8 Å². The van der Waals surface area contributed by atoms with Crippen molar-refractivity contribution in [2.75, 3.05) is 5.32 Å². The minimum Gasteiger partial charge on any atom is -0.325 e. The predicted molar refractivity (Wildman–Crippen MR) is 88.0 cm³/mol. The van der Waals surface area contributed by atoms with Crippen LogP contribution in [-0.4, -0.2) is 16.7 Å². The van der Waals surface area contributed by atoms with Gasteiger partial charge in [-0.05, 0) is 43.0 Å². The number of fused-ring (bicyclic) bond motifs is 1. The number of nitrogens with one attached hydrogen (secondary N) is 2. The van der Waals surface area contributed by atoms with Crippen molar-refractivity contribution in [3.8, 4) is 0 Å². The number of pyridine rings is 1. The van der Waals surface area contributed by atoms with Crippen molar-refractivity contribution in [3.05, 3.63) is 63.1 Å². The lowest BCUT2D eigenvalue weighted by Crippen LogP contribution is -2.29. The molecule has 118 valence electrons. The zero-order valence-electron chi connectivity index (χ0n) is 13.1. The van der Waals surface area contributed by atoms with Gasteiger partial charge < -0.3 is 10.3 Å². The van der Waals surface area contributed by atoms with Crippen LogP contribution in [0.5, 0.6) is 0 Å². The maximum atomic E-state index is 12.4. The van der Waals surface area contributed by atoms with Gasteiger partial charge >= 0.3 is 0 Å². The first-order valence-corrected chi connectivity index (χ1v) is 7.61. The van der Waals surface area contributed by atoms with Crippen LogP contribution >= 0.6 is 0 Å². The number of aromatic amines is 1. The fourth-order valence-electron chi connectivity index (χ4n) is 2.92. The van der Waals surface area contributed by atoms with Crippen LogP contribution in [0.25, 0.3) is 0 Å². The van der Waals surface area contributed by atoms with Crippen LogP contribution in [-0.2, 0) is 6.42 Å². The summed E-state index contributed by atoms with van der Waals surface area (Å²) in [5.41, 5.74) is 2.21. The van der Waals surface area contributed by atoms with E-state index in [1.54, 1.807) is 6.07 Å². The normalized spacial score (nSPS) is 16.8. The number of Topliss-reactive ketones (excluding diaryl/α,β-unsaturated/α-hetero) is 1. The Hall–Kier alpha value is -2.69. The Morgan fingerprint density at radius 3 is 2.74 bits per heavy atom. The van der Waals surface area contributed by atoms with Crippen LogP contribution in [0.15, 0.2) is 35.1 Å². The third-order valence-electron chi connectivity index (χ3n) is 4.03. The smallest absolute Gasteiger partial charge is 0.261 e. The van der Waals surface area contributed by atoms with Crippen LogP contribution in [0.1, 0.15) is 45.3 Å². The summed E-state index contributed by atoms with van der Waals surface area (Å²) in [6, 6.07) is 8.74. The minimum atomic E-state index is -0.508. The molecule has 0 radical (unpaired) electrons. The largest absolute Gasteiger partial charge is 0.325 e. The molecule has 1 aromatic carbocycles. The molecule has 1 aliphatic rings. The molecule has 1 unspecified atom stereocenters. The molecule has 0 saturated heterocycles. The highest BCUT2D eigenvalue weighted by Crippen LogP contribution is 2.23. The van der Waals surface area contributed by atoms with Gasteiger partial charge in [-0.1, -0.05) is 19.1 Å². The number of hydrogen-bond acceptors (Lipinski definition) is 3. The van der Waals surface area contributed by atoms with Crippen LogP contribution in [0, 0.1) is 12.8 Å². The zero-order valence-corrected chi connectivity index (χ0v) is 13.1. The quantitative estimate of drug-likeness (QED) is 0.895. The molecule has 0 bridgehead atoms. The summed E-state index contributed by atoms with van der Waals surface area (Å²) in [4.78, 5) is 39.4. The Morgan fingerprint density at radius 1 is 1.22 bits per heavy atom. The second-order valence-electron chi connectivity index (χ2n) is 6.16. The molecular formula is C18H18N2O3. The second-order valence-corrected chi connectivity index (χ2v) is 6.16. The number of H-pyrrole nitrogens is 1. The lowest BCUT2D eigenvalue weighted by molar-refractivity contribution is 0.0952. The number of amides is 1. The first-order chi connectivity index (χ1) is 10.9. The van der Waals surface area contributed by atoms with Gasteiger partial charge in [0.25, 0.3) is 11.5 Å². The van der Waals surface area contributed by atoms with E-state index >= 15 is 0 Å². The highest BCUT2D eigenvalue weighted by atomic mass is 16.2. The Labute approximate surface area is 133 Å². The standard InChI is InChI=1S/C18H18N2O3/c1-10-4-3-5-12(6-10)19-17(22)14-9-13-15(20-18(14)23)7-11(2)8-16(13)21/h3-6,9,11H,7-8H2,1-2H3,(H,19,22)(H,20,23). The van der Waals surface area contributed by atoms with E-state index < -0.39 is 11.5 Å². The second kappa shape index (κ2) is 5.83. The fraction of sp³-hybridized carbons (Fsp3) is 0.278.